The summed E-state index contributed by atoms with van der Waals surface area (Å²) in [5.41, 5.74) is 5.09. The van der Waals surface area contributed by atoms with Gasteiger partial charge in [-0.3, -0.25) is 4.68 Å². The summed E-state index contributed by atoms with van der Waals surface area (Å²) in [6, 6.07) is 0. The standard InChI is InChI=1S/C15H21N7/c1-6-22-10(3)12(9(2)20-22)7-21(5)15-13-14(16-8-17-15)19-11(4)18-13/h8H,6-7H2,1-5H3,(H,16,17,18,19). The van der Waals surface area contributed by atoms with Gasteiger partial charge in [-0.05, 0) is 27.7 Å². The SMILES string of the molecule is CCn1nc(C)c(CN(C)c2ncnc3nc(C)[nH]c23)c1C. The fourth-order valence-corrected chi connectivity index (χ4v) is 2.80. The third-order valence-electron chi connectivity index (χ3n) is 3.97. The average Bonchev–Trinajstić information content (AvgIpc) is 2.99. The zero-order valence-electron chi connectivity index (χ0n) is 13.7. The highest BCUT2D eigenvalue weighted by atomic mass is 15.3. The van der Waals surface area contributed by atoms with E-state index in [4.69, 9.17) is 0 Å². The van der Waals surface area contributed by atoms with Crippen LogP contribution in [0.25, 0.3) is 11.2 Å². The smallest absolute Gasteiger partial charge is 0.183 e. The average molecular weight is 299 g/mol. The van der Waals surface area contributed by atoms with E-state index in [1.54, 1.807) is 6.33 Å². The lowest BCUT2D eigenvalue weighted by Crippen LogP contribution is -2.19. The molecule has 0 bridgehead atoms. The summed E-state index contributed by atoms with van der Waals surface area (Å²) in [6.45, 7) is 9.83. The molecule has 3 aromatic rings. The number of nitrogens with one attached hydrogen (secondary N) is 1. The molecule has 0 aromatic carbocycles. The van der Waals surface area contributed by atoms with Crippen molar-refractivity contribution in [2.45, 2.75) is 40.8 Å². The number of rotatable bonds is 4. The number of H-pyrrole nitrogens is 1. The zero-order chi connectivity index (χ0) is 15.9. The van der Waals surface area contributed by atoms with Crippen molar-refractivity contribution in [1.29, 1.82) is 0 Å². The number of imidazole rings is 1. The summed E-state index contributed by atoms with van der Waals surface area (Å²) in [6.07, 6.45) is 1.56. The molecular weight excluding hydrogens is 278 g/mol. The maximum atomic E-state index is 4.58. The van der Waals surface area contributed by atoms with Gasteiger partial charge < -0.3 is 9.88 Å². The number of hydrogen-bond donors (Lipinski definition) is 1. The maximum Gasteiger partial charge on any atom is 0.183 e. The fraction of sp³-hybridized carbons (Fsp3) is 0.467. The summed E-state index contributed by atoms with van der Waals surface area (Å²) in [5, 5.41) is 4.58. The second-order valence-electron chi connectivity index (χ2n) is 5.54. The Morgan fingerprint density at radius 1 is 1.23 bits per heavy atom. The number of aromatic amines is 1. The fourth-order valence-electron chi connectivity index (χ4n) is 2.80. The van der Waals surface area contributed by atoms with Gasteiger partial charge in [0.05, 0.1) is 5.69 Å². The summed E-state index contributed by atoms with van der Waals surface area (Å²) in [7, 11) is 2.03. The molecule has 0 atom stereocenters. The van der Waals surface area contributed by atoms with Crippen LogP contribution in [0.4, 0.5) is 5.82 Å². The second kappa shape index (κ2) is 5.40. The minimum Gasteiger partial charge on any atom is -0.353 e. The Kier molecular flexibility index (Phi) is 3.56. The Morgan fingerprint density at radius 3 is 2.68 bits per heavy atom. The second-order valence-corrected chi connectivity index (χ2v) is 5.54. The van der Waals surface area contributed by atoms with Gasteiger partial charge in [-0.2, -0.15) is 5.10 Å². The molecule has 0 aliphatic carbocycles. The van der Waals surface area contributed by atoms with Gasteiger partial charge in [0.25, 0.3) is 0 Å². The minimum absolute atomic E-state index is 0.701. The zero-order valence-corrected chi connectivity index (χ0v) is 13.7. The van der Waals surface area contributed by atoms with E-state index in [9.17, 15) is 0 Å². The highest BCUT2D eigenvalue weighted by Crippen LogP contribution is 2.23. The van der Waals surface area contributed by atoms with E-state index < -0.39 is 0 Å². The van der Waals surface area contributed by atoms with Crippen molar-refractivity contribution in [3.05, 3.63) is 29.1 Å². The first kappa shape index (κ1) is 14.5. The van der Waals surface area contributed by atoms with E-state index >= 15 is 0 Å². The number of fused-ring (bicyclic) bond motifs is 1. The molecule has 7 nitrogen and oxygen atoms in total. The first-order valence-electron chi connectivity index (χ1n) is 7.42. The van der Waals surface area contributed by atoms with Gasteiger partial charge in [0.15, 0.2) is 11.5 Å². The number of anilines is 1. The normalized spacial score (nSPS) is 11.3. The number of nitrogens with zero attached hydrogens (tertiary/aromatic N) is 6. The molecule has 3 aromatic heterocycles. The molecular formula is C15H21N7. The summed E-state index contributed by atoms with van der Waals surface area (Å²) in [5.74, 6) is 1.70. The van der Waals surface area contributed by atoms with E-state index in [0.29, 0.717) is 5.65 Å². The van der Waals surface area contributed by atoms with Crippen LogP contribution in [0, 0.1) is 20.8 Å². The third-order valence-corrected chi connectivity index (χ3v) is 3.97. The predicted octanol–water partition coefficient (Wildman–Crippen LogP) is 2.13. The van der Waals surface area contributed by atoms with E-state index in [-0.39, 0.29) is 0 Å². The van der Waals surface area contributed by atoms with Crippen molar-refractivity contribution in [3.8, 4) is 0 Å². The number of hydrogen-bond acceptors (Lipinski definition) is 5. The molecule has 0 aliphatic rings. The van der Waals surface area contributed by atoms with Crippen molar-refractivity contribution >= 4 is 17.0 Å². The lowest BCUT2D eigenvalue weighted by Gasteiger charge is -2.18. The molecule has 0 saturated carbocycles. The third kappa shape index (κ3) is 2.32. The van der Waals surface area contributed by atoms with E-state index in [0.717, 1.165) is 35.9 Å². The van der Waals surface area contributed by atoms with Gasteiger partial charge in [-0.1, -0.05) is 0 Å². The number of aromatic nitrogens is 6. The predicted molar refractivity (Wildman–Crippen MR) is 85.9 cm³/mol. The quantitative estimate of drug-likeness (QED) is 0.798. The monoisotopic (exact) mass is 299 g/mol. The maximum absolute atomic E-state index is 4.58. The Balaban J connectivity index is 1.97. The van der Waals surface area contributed by atoms with Crippen LogP contribution in [0.5, 0.6) is 0 Å². The van der Waals surface area contributed by atoms with Crippen LogP contribution in [0.15, 0.2) is 6.33 Å². The molecule has 3 rings (SSSR count). The van der Waals surface area contributed by atoms with Crippen LogP contribution in [0.3, 0.4) is 0 Å². The topological polar surface area (TPSA) is 75.5 Å². The van der Waals surface area contributed by atoms with Crippen LogP contribution >= 0.6 is 0 Å². The Hall–Kier alpha value is -2.44. The Labute approximate surface area is 129 Å². The van der Waals surface area contributed by atoms with E-state index in [1.807, 2.05) is 18.7 Å². The highest BCUT2D eigenvalue weighted by Gasteiger charge is 2.16. The van der Waals surface area contributed by atoms with Crippen LogP contribution in [0.1, 0.15) is 29.7 Å². The first-order valence-corrected chi connectivity index (χ1v) is 7.42. The number of aryl methyl sites for hydroxylation is 3. The van der Waals surface area contributed by atoms with Crippen LogP contribution < -0.4 is 4.90 Å². The molecule has 116 valence electrons. The molecule has 3 heterocycles. The van der Waals surface area contributed by atoms with Crippen molar-refractivity contribution in [1.82, 2.24) is 29.7 Å². The largest absolute Gasteiger partial charge is 0.353 e. The van der Waals surface area contributed by atoms with Crippen molar-refractivity contribution < 1.29 is 0 Å². The lowest BCUT2D eigenvalue weighted by molar-refractivity contribution is 0.633. The molecule has 22 heavy (non-hydrogen) atoms. The summed E-state index contributed by atoms with van der Waals surface area (Å²) < 4.78 is 2.04. The molecule has 1 N–H and O–H groups in total. The molecule has 0 amide bonds. The van der Waals surface area contributed by atoms with Gasteiger partial charge in [0.1, 0.15) is 17.7 Å². The minimum atomic E-state index is 0.701. The van der Waals surface area contributed by atoms with Crippen molar-refractivity contribution in [2.75, 3.05) is 11.9 Å². The van der Waals surface area contributed by atoms with Gasteiger partial charge >= 0.3 is 0 Å². The van der Waals surface area contributed by atoms with Gasteiger partial charge in [0, 0.05) is 31.4 Å². The molecule has 0 saturated heterocycles. The first-order chi connectivity index (χ1) is 10.5. The van der Waals surface area contributed by atoms with Crippen molar-refractivity contribution in [3.63, 3.8) is 0 Å². The lowest BCUT2D eigenvalue weighted by atomic mass is 10.2. The van der Waals surface area contributed by atoms with Gasteiger partial charge in [-0.25, -0.2) is 15.0 Å². The van der Waals surface area contributed by atoms with Gasteiger partial charge in [0.2, 0.25) is 0 Å². The Morgan fingerprint density at radius 2 is 2.00 bits per heavy atom. The molecule has 0 fully saturated rings. The summed E-state index contributed by atoms with van der Waals surface area (Å²) in [4.78, 5) is 18.3. The highest BCUT2D eigenvalue weighted by molar-refractivity contribution is 5.83. The Bertz CT molecular complexity index is 815. The molecule has 7 heteroatoms. The van der Waals surface area contributed by atoms with Gasteiger partial charge in [-0.15, -0.1) is 0 Å². The molecule has 0 spiro atoms. The van der Waals surface area contributed by atoms with Crippen LogP contribution in [-0.4, -0.2) is 36.8 Å². The van der Waals surface area contributed by atoms with E-state index in [1.165, 1.54) is 11.3 Å². The van der Waals surface area contributed by atoms with Crippen molar-refractivity contribution in [2.24, 2.45) is 0 Å². The van der Waals surface area contributed by atoms with Crippen LogP contribution in [-0.2, 0) is 13.1 Å². The van der Waals surface area contributed by atoms with E-state index in [2.05, 4.69) is 50.7 Å². The summed E-state index contributed by atoms with van der Waals surface area (Å²) >= 11 is 0. The molecule has 0 unspecified atom stereocenters. The molecule has 0 aliphatic heterocycles. The van der Waals surface area contributed by atoms with Crippen LogP contribution in [0.2, 0.25) is 0 Å². The molecule has 0 radical (unpaired) electrons.